The first-order valence-corrected chi connectivity index (χ1v) is 9.01. The van der Waals surface area contributed by atoms with Gasteiger partial charge in [-0.2, -0.15) is 39.5 Å². The van der Waals surface area contributed by atoms with Gasteiger partial charge in [-0.25, -0.2) is 13.2 Å². The van der Waals surface area contributed by atoms with Crippen LogP contribution in [0.3, 0.4) is 0 Å². The van der Waals surface area contributed by atoms with Crippen LogP contribution in [0.15, 0.2) is 12.2 Å². The van der Waals surface area contributed by atoms with Gasteiger partial charge in [-0.1, -0.05) is 6.58 Å². The summed E-state index contributed by atoms with van der Waals surface area (Å²) in [5, 5.41) is 3.03. The molecule has 8 nitrogen and oxygen atoms in total. The number of esters is 1. The first-order chi connectivity index (χ1) is 13.6. The van der Waals surface area contributed by atoms with Crippen molar-refractivity contribution in [2.75, 3.05) is 19.8 Å². The molecule has 182 valence electrons. The predicted molar refractivity (Wildman–Crippen MR) is 76.0 cm³/mol. The number of aliphatic hydroxyl groups is 1. The lowest BCUT2D eigenvalue weighted by molar-refractivity contribution is -0.405. The van der Waals surface area contributed by atoms with E-state index in [9.17, 15) is 57.3 Å². The van der Waals surface area contributed by atoms with Gasteiger partial charge in [-0.05, 0) is 0 Å². The van der Waals surface area contributed by atoms with Gasteiger partial charge in [0.25, 0.3) is 0 Å². The van der Waals surface area contributed by atoms with Crippen molar-refractivity contribution in [3.05, 3.63) is 12.2 Å². The van der Waals surface area contributed by atoms with E-state index in [0.717, 1.165) is 0 Å². The Morgan fingerprint density at radius 2 is 1.71 bits per heavy atom. The maximum absolute atomic E-state index is 13.8. The van der Waals surface area contributed by atoms with Crippen molar-refractivity contribution in [2.45, 2.75) is 41.6 Å². The Morgan fingerprint density at radius 1 is 1.19 bits per heavy atom. The summed E-state index contributed by atoms with van der Waals surface area (Å²) in [5.74, 6) is -17.3. The Kier molecular flexibility index (Phi) is 7.40. The fourth-order valence-corrected chi connectivity index (χ4v) is 2.46. The van der Waals surface area contributed by atoms with Crippen molar-refractivity contribution < 1.29 is 76.6 Å². The second kappa shape index (κ2) is 8.38. The van der Waals surface area contributed by atoms with Crippen molar-refractivity contribution >= 4 is 16.1 Å². The lowest BCUT2D eigenvalue weighted by Gasteiger charge is -2.31. The maximum atomic E-state index is 13.8. The summed E-state index contributed by atoms with van der Waals surface area (Å²) in [6.07, 6.45) is -10.9. The summed E-state index contributed by atoms with van der Waals surface area (Å²) in [6, 6.07) is 0. The molecule has 31 heavy (non-hydrogen) atoms. The maximum Gasteiger partial charge on any atom is 0.449 e. The summed E-state index contributed by atoms with van der Waals surface area (Å²) in [5.41, 5.74) is -0.954. The van der Waals surface area contributed by atoms with Crippen LogP contribution < -0.4 is 0 Å². The van der Waals surface area contributed by atoms with Crippen LogP contribution in [0.25, 0.3) is 0 Å². The van der Waals surface area contributed by atoms with Crippen LogP contribution in [0.2, 0.25) is 0 Å². The van der Waals surface area contributed by atoms with E-state index in [1.165, 1.54) is 0 Å². The molecule has 0 bridgehead atoms. The highest BCUT2D eigenvalue weighted by Crippen LogP contribution is 2.49. The van der Waals surface area contributed by atoms with Gasteiger partial charge in [0, 0.05) is 6.42 Å². The molecule has 0 aliphatic carbocycles. The number of carbonyl (C=O) groups is 1. The van der Waals surface area contributed by atoms with Gasteiger partial charge in [0.05, 0.1) is 25.4 Å². The zero-order valence-electron chi connectivity index (χ0n) is 14.7. The summed E-state index contributed by atoms with van der Waals surface area (Å²) in [7, 11) is -6.74. The number of halogens is 9. The Balaban J connectivity index is 2.63. The minimum absolute atomic E-state index is 0.954. The van der Waals surface area contributed by atoms with Gasteiger partial charge in [0.1, 0.15) is 0 Å². The van der Waals surface area contributed by atoms with E-state index in [0.29, 0.717) is 0 Å². The van der Waals surface area contributed by atoms with Gasteiger partial charge >= 0.3 is 35.0 Å². The average molecular weight is 499 g/mol. The molecule has 1 aliphatic heterocycles. The number of carbonyl (C=O) groups excluding carboxylic acids is 1. The highest BCUT2D eigenvalue weighted by molar-refractivity contribution is 7.86. The molecule has 1 rings (SSSR count). The van der Waals surface area contributed by atoms with Crippen LogP contribution in [0.4, 0.5) is 39.5 Å². The van der Waals surface area contributed by atoms with E-state index in [4.69, 9.17) is 5.11 Å². The van der Waals surface area contributed by atoms with Crippen molar-refractivity contribution in [3.63, 3.8) is 0 Å². The monoisotopic (exact) mass is 499 g/mol. The summed E-state index contributed by atoms with van der Waals surface area (Å²) >= 11 is 0. The molecule has 0 spiro atoms. The number of ether oxygens (including phenoxy) is 3. The van der Waals surface area contributed by atoms with Crippen molar-refractivity contribution in [1.82, 2.24) is 0 Å². The SMILES string of the molecule is C=C(COCCC(F)(F)C(F)(F)S(=O)(=O)[O-])C(=O)OC1COC(O)(C(F)(F)F)C1(F)F. The third-order valence-corrected chi connectivity index (χ3v) is 4.73. The Hall–Kier alpha value is -1.63. The standard InChI is InChI=1S/C13H13F9O8S/c1-6(4-28-3-2-9(14,15)13(21,22)31(25,26)27)8(23)30-7-5-29-11(24,10(7,16)17)12(18,19)20/h7,24H,1-5H2,(H,25,26,27)/p-1. The molecule has 1 heterocycles. The van der Waals surface area contributed by atoms with Gasteiger partial charge in [0.2, 0.25) is 0 Å². The van der Waals surface area contributed by atoms with Crippen LogP contribution in [0.1, 0.15) is 6.42 Å². The quantitative estimate of drug-likeness (QED) is 0.167. The van der Waals surface area contributed by atoms with Crippen molar-refractivity contribution in [1.29, 1.82) is 0 Å². The van der Waals surface area contributed by atoms with Crippen LogP contribution in [-0.4, -0.2) is 79.0 Å². The second-order valence-corrected chi connectivity index (χ2v) is 7.47. The minimum atomic E-state index is -6.74. The molecule has 1 fully saturated rings. The third-order valence-electron chi connectivity index (χ3n) is 3.80. The highest BCUT2D eigenvalue weighted by atomic mass is 32.2. The molecule has 0 aromatic carbocycles. The molecule has 18 heteroatoms. The topological polar surface area (TPSA) is 122 Å². The van der Waals surface area contributed by atoms with Gasteiger partial charge < -0.3 is 23.9 Å². The molecule has 0 aromatic heterocycles. The zero-order chi connectivity index (χ0) is 24.7. The Morgan fingerprint density at radius 3 is 2.13 bits per heavy atom. The lowest BCUT2D eigenvalue weighted by Crippen LogP contribution is -2.59. The third kappa shape index (κ3) is 5.07. The fraction of sp³-hybridized carbons (Fsp3) is 0.769. The van der Waals surface area contributed by atoms with E-state index in [1.807, 2.05) is 0 Å². The largest absolute Gasteiger partial charge is 0.743 e. The van der Waals surface area contributed by atoms with Crippen LogP contribution in [0.5, 0.6) is 0 Å². The van der Waals surface area contributed by atoms with Crippen LogP contribution in [0, 0.1) is 0 Å². The Labute approximate surface area is 167 Å². The molecule has 0 amide bonds. The van der Waals surface area contributed by atoms with E-state index >= 15 is 0 Å². The fourth-order valence-electron chi connectivity index (χ4n) is 1.99. The van der Waals surface area contributed by atoms with Crippen molar-refractivity contribution in [2.24, 2.45) is 0 Å². The highest BCUT2D eigenvalue weighted by Gasteiger charge is 2.78. The molecule has 1 N–H and O–H groups in total. The first-order valence-electron chi connectivity index (χ1n) is 7.60. The molecular formula is C13H12F9O8S-. The lowest BCUT2D eigenvalue weighted by atomic mass is 10.1. The van der Waals surface area contributed by atoms with E-state index in [2.05, 4.69) is 20.8 Å². The van der Waals surface area contributed by atoms with E-state index in [1.54, 1.807) is 0 Å². The predicted octanol–water partition coefficient (Wildman–Crippen LogP) is 1.55. The molecule has 2 atom stereocenters. The summed E-state index contributed by atoms with van der Waals surface area (Å²) < 4.78 is 160. The molecular weight excluding hydrogens is 487 g/mol. The number of hydrogen-bond donors (Lipinski definition) is 1. The summed E-state index contributed by atoms with van der Waals surface area (Å²) in [6.45, 7) is -1.22. The van der Waals surface area contributed by atoms with Gasteiger partial charge in [-0.3, -0.25) is 0 Å². The van der Waals surface area contributed by atoms with Crippen LogP contribution >= 0.6 is 0 Å². The second-order valence-electron chi connectivity index (χ2n) is 6.05. The van der Waals surface area contributed by atoms with Gasteiger partial charge in [0.15, 0.2) is 16.2 Å². The molecule has 0 aromatic rings. The van der Waals surface area contributed by atoms with Crippen LogP contribution in [-0.2, 0) is 29.1 Å². The zero-order valence-corrected chi connectivity index (χ0v) is 15.5. The molecule has 1 saturated heterocycles. The molecule has 2 unspecified atom stereocenters. The number of alkyl halides is 9. The number of hydrogen-bond acceptors (Lipinski definition) is 8. The smallest absolute Gasteiger partial charge is 0.449 e. The average Bonchev–Trinajstić information content (AvgIpc) is 2.81. The minimum Gasteiger partial charge on any atom is -0.743 e. The first kappa shape index (κ1) is 27.4. The number of rotatable bonds is 9. The molecule has 0 radical (unpaired) electrons. The normalized spacial score (nSPS) is 24.8. The van der Waals surface area contributed by atoms with E-state index in [-0.39, 0.29) is 0 Å². The Bertz CT molecular complexity index is 810. The molecule has 0 saturated carbocycles. The van der Waals surface area contributed by atoms with Gasteiger partial charge in [-0.15, -0.1) is 0 Å². The van der Waals surface area contributed by atoms with Crippen molar-refractivity contribution in [3.8, 4) is 0 Å². The summed E-state index contributed by atoms with van der Waals surface area (Å²) in [4.78, 5) is 11.6. The molecule has 1 aliphatic rings. The van der Waals surface area contributed by atoms with E-state index < -0.39 is 83.1 Å².